The maximum absolute atomic E-state index is 12.3. The average Bonchev–Trinajstić information content (AvgIpc) is 2.85. The molecular weight excluding hydrogens is 317 g/mol. The van der Waals surface area contributed by atoms with Crippen LogP contribution in [0.3, 0.4) is 0 Å². The van der Waals surface area contributed by atoms with E-state index in [1.807, 2.05) is 0 Å². The number of hydrogen-bond donors (Lipinski definition) is 1. The SMILES string of the molecule is CC(Oc1cc(Cl)cc(Cl)c1)C(=O)N1CCC[C@H]1C(=O)O. The third-order valence-corrected chi connectivity index (χ3v) is 3.75. The van der Waals surface area contributed by atoms with Gasteiger partial charge in [0.05, 0.1) is 0 Å². The first kappa shape index (κ1) is 15.9. The van der Waals surface area contributed by atoms with Gasteiger partial charge in [-0.3, -0.25) is 4.79 Å². The number of carbonyl (C=O) groups is 2. The number of amides is 1. The molecule has 0 bridgehead atoms. The van der Waals surface area contributed by atoms with E-state index in [2.05, 4.69) is 0 Å². The lowest BCUT2D eigenvalue weighted by Crippen LogP contribution is -2.46. The monoisotopic (exact) mass is 331 g/mol. The highest BCUT2D eigenvalue weighted by molar-refractivity contribution is 6.34. The molecule has 2 atom stereocenters. The summed E-state index contributed by atoms with van der Waals surface area (Å²) in [6, 6.07) is 3.89. The van der Waals surface area contributed by atoms with Crippen LogP contribution in [-0.4, -0.2) is 40.6 Å². The Morgan fingerprint density at radius 2 is 1.95 bits per heavy atom. The van der Waals surface area contributed by atoms with Crippen molar-refractivity contribution in [3.63, 3.8) is 0 Å². The Morgan fingerprint density at radius 3 is 2.52 bits per heavy atom. The second-order valence-corrected chi connectivity index (χ2v) is 5.77. The maximum atomic E-state index is 12.3. The minimum absolute atomic E-state index is 0.351. The van der Waals surface area contributed by atoms with Crippen LogP contribution in [0.5, 0.6) is 5.75 Å². The summed E-state index contributed by atoms with van der Waals surface area (Å²) in [5, 5.41) is 9.92. The van der Waals surface area contributed by atoms with Gasteiger partial charge in [-0.05, 0) is 38.0 Å². The number of hydrogen-bond acceptors (Lipinski definition) is 3. The Morgan fingerprint density at radius 1 is 1.33 bits per heavy atom. The molecule has 0 radical (unpaired) electrons. The Bertz CT molecular complexity index is 544. The van der Waals surface area contributed by atoms with Crippen LogP contribution in [0.2, 0.25) is 10.0 Å². The molecule has 0 aliphatic carbocycles. The quantitative estimate of drug-likeness (QED) is 0.921. The molecule has 1 fully saturated rings. The van der Waals surface area contributed by atoms with Crippen molar-refractivity contribution < 1.29 is 19.4 Å². The van der Waals surface area contributed by atoms with Gasteiger partial charge in [0.1, 0.15) is 11.8 Å². The summed E-state index contributed by atoms with van der Waals surface area (Å²) in [7, 11) is 0. The molecule has 0 spiro atoms. The summed E-state index contributed by atoms with van der Waals surface area (Å²) in [5.74, 6) is -0.964. The van der Waals surface area contributed by atoms with Gasteiger partial charge in [-0.15, -0.1) is 0 Å². The van der Waals surface area contributed by atoms with Crippen molar-refractivity contribution in [3.8, 4) is 5.75 Å². The number of carbonyl (C=O) groups excluding carboxylic acids is 1. The predicted octanol–water partition coefficient (Wildman–Crippen LogP) is 2.84. The molecule has 1 unspecified atom stereocenters. The number of carboxylic acid groups (broad SMARTS) is 1. The summed E-state index contributed by atoms with van der Waals surface area (Å²) in [6.45, 7) is 2.01. The molecule has 5 nitrogen and oxygen atoms in total. The smallest absolute Gasteiger partial charge is 0.326 e. The van der Waals surface area contributed by atoms with Crippen molar-refractivity contribution in [1.82, 2.24) is 4.90 Å². The molecule has 1 aliphatic heterocycles. The largest absolute Gasteiger partial charge is 0.481 e. The molecule has 1 heterocycles. The summed E-state index contributed by atoms with van der Waals surface area (Å²) in [6.07, 6.45) is 0.342. The first-order chi connectivity index (χ1) is 9.88. The van der Waals surface area contributed by atoms with Gasteiger partial charge in [-0.2, -0.15) is 0 Å². The highest BCUT2D eigenvalue weighted by Gasteiger charge is 2.36. The van der Waals surface area contributed by atoms with Crippen LogP contribution in [0.15, 0.2) is 18.2 Å². The molecule has 2 rings (SSSR count). The van der Waals surface area contributed by atoms with E-state index < -0.39 is 18.1 Å². The fraction of sp³-hybridized carbons (Fsp3) is 0.429. The molecule has 1 amide bonds. The fourth-order valence-corrected chi connectivity index (χ4v) is 2.88. The number of halogens is 2. The van der Waals surface area contributed by atoms with E-state index in [1.165, 1.54) is 4.90 Å². The van der Waals surface area contributed by atoms with Gasteiger partial charge in [0.2, 0.25) is 0 Å². The van der Waals surface area contributed by atoms with Crippen molar-refractivity contribution >= 4 is 35.1 Å². The number of rotatable bonds is 4. The van der Waals surface area contributed by atoms with Gasteiger partial charge in [-0.1, -0.05) is 23.2 Å². The molecule has 21 heavy (non-hydrogen) atoms. The molecular formula is C14H15Cl2NO4. The summed E-state index contributed by atoms with van der Waals surface area (Å²) >= 11 is 11.7. The predicted molar refractivity (Wildman–Crippen MR) is 78.9 cm³/mol. The van der Waals surface area contributed by atoms with Gasteiger partial charge in [0, 0.05) is 16.6 Å². The van der Waals surface area contributed by atoms with Crippen LogP contribution in [0.1, 0.15) is 19.8 Å². The van der Waals surface area contributed by atoms with Gasteiger partial charge < -0.3 is 14.7 Å². The van der Waals surface area contributed by atoms with Gasteiger partial charge in [0.15, 0.2) is 6.10 Å². The minimum Gasteiger partial charge on any atom is -0.481 e. The number of ether oxygens (including phenoxy) is 1. The number of likely N-dealkylation sites (tertiary alicyclic amines) is 1. The highest BCUT2D eigenvalue weighted by Crippen LogP contribution is 2.26. The molecule has 0 aromatic heterocycles. The van der Waals surface area contributed by atoms with Crippen LogP contribution in [-0.2, 0) is 9.59 Å². The van der Waals surface area contributed by atoms with Crippen LogP contribution >= 0.6 is 23.2 Å². The van der Waals surface area contributed by atoms with E-state index in [0.29, 0.717) is 35.2 Å². The van der Waals surface area contributed by atoms with E-state index in [4.69, 9.17) is 33.0 Å². The molecule has 7 heteroatoms. The summed E-state index contributed by atoms with van der Waals surface area (Å²) in [4.78, 5) is 24.8. The molecule has 1 aliphatic rings. The van der Waals surface area contributed by atoms with Crippen molar-refractivity contribution in [2.24, 2.45) is 0 Å². The highest BCUT2D eigenvalue weighted by atomic mass is 35.5. The zero-order valence-electron chi connectivity index (χ0n) is 11.4. The van der Waals surface area contributed by atoms with Crippen molar-refractivity contribution in [3.05, 3.63) is 28.2 Å². The Kier molecular flexibility index (Phi) is 4.96. The lowest BCUT2D eigenvalue weighted by Gasteiger charge is -2.25. The third-order valence-electron chi connectivity index (χ3n) is 3.32. The van der Waals surface area contributed by atoms with E-state index in [9.17, 15) is 9.59 Å². The third kappa shape index (κ3) is 3.80. The molecule has 114 valence electrons. The average molecular weight is 332 g/mol. The van der Waals surface area contributed by atoms with Crippen molar-refractivity contribution in [2.75, 3.05) is 6.54 Å². The first-order valence-electron chi connectivity index (χ1n) is 6.54. The van der Waals surface area contributed by atoms with E-state index >= 15 is 0 Å². The van der Waals surface area contributed by atoms with E-state index in [1.54, 1.807) is 25.1 Å². The standard InChI is InChI=1S/C14H15Cl2NO4/c1-8(21-11-6-9(15)5-10(16)7-11)13(18)17-4-2-3-12(17)14(19)20/h5-8,12H,2-4H2,1H3,(H,19,20)/t8?,12-/m0/s1. The van der Waals surface area contributed by atoms with Gasteiger partial charge in [0.25, 0.3) is 5.91 Å². The Hall–Kier alpha value is -1.46. The normalized spacial score (nSPS) is 19.4. The number of benzene rings is 1. The molecule has 0 saturated carbocycles. The zero-order valence-corrected chi connectivity index (χ0v) is 12.9. The fourth-order valence-electron chi connectivity index (χ4n) is 2.37. The van der Waals surface area contributed by atoms with E-state index in [-0.39, 0.29) is 5.91 Å². The lowest BCUT2D eigenvalue weighted by molar-refractivity contribution is -0.150. The number of nitrogens with zero attached hydrogens (tertiary/aromatic N) is 1. The van der Waals surface area contributed by atoms with Crippen LogP contribution in [0.25, 0.3) is 0 Å². The molecule has 1 saturated heterocycles. The zero-order chi connectivity index (χ0) is 15.6. The lowest BCUT2D eigenvalue weighted by atomic mass is 10.2. The Labute approximate surface area is 132 Å². The summed E-state index contributed by atoms with van der Waals surface area (Å²) < 4.78 is 5.53. The van der Waals surface area contributed by atoms with Crippen LogP contribution in [0.4, 0.5) is 0 Å². The van der Waals surface area contributed by atoms with Crippen LogP contribution < -0.4 is 4.74 Å². The molecule has 1 aromatic carbocycles. The first-order valence-corrected chi connectivity index (χ1v) is 7.30. The van der Waals surface area contributed by atoms with Gasteiger partial charge in [-0.25, -0.2) is 4.79 Å². The number of carboxylic acids is 1. The second kappa shape index (κ2) is 6.54. The van der Waals surface area contributed by atoms with Crippen LogP contribution in [0, 0.1) is 0 Å². The maximum Gasteiger partial charge on any atom is 0.326 e. The summed E-state index contributed by atoms with van der Waals surface area (Å²) in [5.41, 5.74) is 0. The van der Waals surface area contributed by atoms with Gasteiger partial charge >= 0.3 is 5.97 Å². The second-order valence-electron chi connectivity index (χ2n) is 4.89. The molecule has 1 aromatic rings. The minimum atomic E-state index is -0.987. The number of aliphatic carboxylic acids is 1. The van der Waals surface area contributed by atoms with Crippen molar-refractivity contribution in [1.29, 1.82) is 0 Å². The topological polar surface area (TPSA) is 66.8 Å². The molecule has 1 N–H and O–H groups in total. The Balaban J connectivity index is 2.07. The van der Waals surface area contributed by atoms with Crippen molar-refractivity contribution in [2.45, 2.75) is 31.9 Å². The van der Waals surface area contributed by atoms with E-state index in [0.717, 1.165) is 0 Å².